The normalized spacial score (nSPS) is 11.8. The Morgan fingerprint density at radius 3 is 2.41 bits per heavy atom. The van der Waals surface area contributed by atoms with Crippen molar-refractivity contribution in [2.45, 2.75) is 26.2 Å². The first kappa shape index (κ1) is 16.0. The summed E-state index contributed by atoms with van der Waals surface area (Å²) in [4.78, 5) is 4.41. The summed E-state index contributed by atoms with van der Waals surface area (Å²) < 4.78 is 12.9. The molecule has 0 radical (unpaired) electrons. The Bertz CT molecular complexity index is 657. The largest absolute Gasteiger partial charge is 0.340 e. The van der Waals surface area contributed by atoms with Gasteiger partial charge in [0.2, 0.25) is 0 Å². The molecule has 22 heavy (non-hydrogen) atoms. The van der Waals surface area contributed by atoms with E-state index in [2.05, 4.69) is 37.3 Å². The van der Waals surface area contributed by atoms with Crippen LogP contribution in [0.4, 0.5) is 10.2 Å². The standard InChI is InChI=1S/C19H21FN2/c1-5-13(2)14(3)17-8-11-19(21-12-17)22-15(4)16-6-9-18(20)10-7-16/h6-12,14H,2,4-5H2,1,3H3,(H,21,22). The average molecular weight is 296 g/mol. The van der Waals surface area contributed by atoms with Gasteiger partial charge in [-0.2, -0.15) is 0 Å². The van der Waals surface area contributed by atoms with Crippen LogP contribution in [0.2, 0.25) is 0 Å². The highest BCUT2D eigenvalue weighted by atomic mass is 19.1. The van der Waals surface area contributed by atoms with Gasteiger partial charge in [-0.1, -0.05) is 50.8 Å². The van der Waals surface area contributed by atoms with Gasteiger partial charge in [0.05, 0.1) is 0 Å². The predicted molar refractivity (Wildman–Crippen MR) is 91.1 cm³/mol. The van der Waals surface area contributed by atoms with Gasteiger partial charge >= 0.3 is 0 Å². The van der Waals surface area contributed by atoms with Crippen LogP contribution in [0.3, 0.4) is 0 Å². The molecule has 2 nitrogen and oxygen atoms in total. The van der Waals surface area contributed by atoms with Crippen molar-refractivity contribution in [1.82, 2.24) is 4.98 Å². The smallest absolute Gasteiger partial charge is 0.130 e. The summed E-state index contributed by atoms with van der Waals surface area (Å²) in [5.41, 5.74) is 3.86. The molecule has 1 aromatic heterocycles. The molecule has 3 heteroatoms. The van der Waals surface area contributed by atoms with E-state index in [0.29, 0.717) is 17.4 Å². The summed E-state index contributed by atoms with van der Waals surface area (Å²) in [6.45, 7) is 12.3. The van der Waals surface area contributed by atoms with E-state index in [4.69, 9.17) is 0 Å². The summed E-state index contributed by atoms with van der Waals surface area (Å²) in [6.07, 6.45) is 2.81. The lowest BCUT2D eigenvalue weighted by molar-refractivity contribution is 0.627. The highest BCUT2D eigenvalue weighted by molar-refractivity contribution is 5.73. The third-order valence-electron chi connectivity index (χ3n) is 3.82. The van der Waals surface area contributed by atoms with Gasteiger partial charge in [0.25, 0.3) is 0 Å². The number of benzene rings is 1. The maximum Gasteiger partial charge on any atom is 0.130 e. The van der Waals surface area contributed by atoms with Gasteiger partial charge in [0.15, 0.2) is 0 Å². The SMILES string of the molecule is C=C(Nc1ccc(C(C)C(=C)CC)cn1)c1ccc(F)cc1. The maximum atomic E-state index is 12.9. The fourth-order valence-electron chi connectivity index (χ4n) is 2.16. The Morgan fingerprint density at radius 1 is 1.18 bits per heavy atom. The van der Waals surface area contributed by atoms with Gasteiger partial charge < -0.3 is 5.32 Å². The molecule has 1 atom stereocenters. The first-order valence-corrected chi connectivity index (χ1v) is 7.36. The summed E-state index contributed by atoms with van der Waals surface area (Å²) in [6, 6.07) is 10.2. The average Bonchev–Trinajstić information content (AvgIpc) is 2.54. The van der Waals surface area contributed by atoms with E-state index < -0.39 is 0 Å². The minimum atomic E-state index is -0.260. The van der Waals surface area contributed by atoms with Crippen LogP contribution in [0.5, 0.6) is 0 Å². The molecule has 0 saturated carbocycles. The van der Waals surface area contributed by atoms with Crippen LogP contribution in [0.25, 0.3) is 5.70 Å². The van der Waals surface area contributed by atoms with E-state index in [0.717, 1.165) is 17.5 Å². The summed E-state index contributed by atoms with van der Waals surface area (Å²) in [5.74, 6) is 0.753. The zero-order valence-electron chi connectivity index (χ0n) is 13.1. The maximum absolute atomic E-state index is 12.9. The lowest BCUT2D eigenvalue weighted by Crippen LogP contribution is -2.02. The van der Waals surface area contributed by atoms with E-state index in [1.807, 2.05) is 18.3 Å². The Hall–Kier alpha value is -2.42. The van der Waals surface area contributed by atoms with Crippen LogP contribution in [-0.2, 0) is 0 Å². The molecule has 2 rings (SSSR count). The van der Waals surface area contributed by atoms with Crippen LogP contribution in [0.15, 0.2) is 61.3 Å². The van der Waals surface area contributed by atoms with Crippen LogP contribution in [-0.4, -0.2) is 4.98 Å². The van der Waals surface area contributed by atoms with E-state index in [9.17, 15) is 4.39 Å². The Labute approximate surface area is 131 Å². The molecule has 0 spiro atoms. The van der Waals surface area contributed by atoms with E-state index in [-0.39, 0.29) is 5.82 Å². The highest BCUT2D eigenvalue weighted by Gasteiger charge is 2.09. The fraction of sp³-hybridized carbons (Fsp3) is 0.211. The third-order valence-corrected chi connectivity index (χ3v) is 3.82. The van der Waals surface area contributed by atoms with Crippen molar-refractivity contribution in [2.75, 3.05) is 5.32 Å². The minimum Gasteiger partial charge on any atom is -0.340 e. The Kier molecular flexibility index (Phi) is 5.10. The number of pyridine rings is 1. The summed E-state index contributed by atoms with van der Waals surface area (Å²) in [7, 11) is 0. The highest BCUT2D eigenvalue weighted by Crippen LogP contribution is 2.25. The third kappa shape index (κ3) is 3.82. The first-order chi connectivity index (χ1) is 10.5. The summed E-state index contributed by atoms with van der Waals surface area (Å²) in [5, 5.41) is 3.14. The van der Waals surface area contributed by atoms with Crippen molar-refractivity contribution in [3.05, 3.63) is 78.3 Å². The van der Waals surface area contributed by atoms with Crippen molar-refractivity contribution in [2.24, 2.45) is 0 Å². The molecule has 0 aliphatic carbocycles. The molecule has 1 aromatic carbocycles. The number of anilines is 1. The molecule has 1 N–H and O–H groups in total. The molecule has 0 saturated heterocycles. The number of allylic oxidation sites excluding steroid dienone is 1. The summed E-state index contributed by atoms with van der Waals surface area (Å²) >= 11 is 0. The lowest BCUT2D eigenvalue weighted by Gasteiger charge is -2.14. The molecule has 0 aliphatic heterocycles. The first-order valence-electron chi connectivity index (χ1n) is 7.36. The molecule has 114 valence electrons. The molecule has 1 unspecified atom stereocenters. The topological polar surface area (TPSA) is 24.9 Å². The minimum absolute atomic E-state index is 0.260. The monoisotopic (exact) mass is 296 g/mol. The van der Waals surface area contributed by atoms with Crippen LogP contribution in [0, 0.1) is 5.82 Å². The quantitative estimate of drug-likeness (QED) is 0.724. The van der Waals surface area contributed by atoms with E-state index >= 15 is 0 Å². The second-order valence-corrected chi connectivity index (χ2v) is 5.32. The molecule has 1 heterocycles. The van der Waals surface area contributed by atoms with Crippen LogP contribution >= 0.6 is 0 Å². The second kappa shape index (κ2) is 7.03. The molecular weight excluding hydrogens is 275 g/mol. The lowest BCUT2D eigenvalue weighted by atomic mass is 9.94. The van der Waals surface area contributed by atoms with E-state index in [1.165, 1.54) is 17.7 Å². The second-order valence-electron chi connectivity index (χ2n) is 5.32. The predicted octanol–water partition coefficient (Wildman–Crippen LogP) is 5.37. The van der Waals surface area contributed by atoms with Gasteiger partial charge in [-0.25, -0.2) is 9.37 Å². The molecule has 0 aliphatic rings. The zero-order valence-corrected chi connectivity index (χ0v) is 13.1. The number of rotatable bonds is 6. The van der Waals surface area contributed by atoms with Crippen molar-refractivity contribution in [3.63, 3.8) is 0 Å². The molecule has 2 aromatic rings. The van der Waals surface area contributed by atoms with Crippen molar-refractivity contribution in [3.8, 4) is 0 Å². The zero-order chi connectivity index (χ0) is 16.1. The number of aromatic nitrogens is 1. The number of nitrogens with zero attached hydrogens (tertiary/aromatic N) is 1. The number of nitrogens with one attached hydrogen (secondary N) is 1. The number of halogens is 1. The van der Waals surface area contributed by atoms with Gasteiger partial charge in [-0.15, -0.1) is 0 Å². The molecule has 0 fully saturated rings. The number of hydrogen-bond acceptors (Lipinski definition) is 2. The van der Waals surface area contributed by atoms with Crippen LogP contribution < -0.4 is 5.32 Å². The van der Waals surface area contributed by atoms with Gasteiger partial charge in [0.1, 0.15) is 11.6 Å². The molecule has 0 bridgehead atoms. The van der Waals surface area contributed by atoms with Gasteiger partial charge in [-0.3, -0.25) is 0 Å². The Morgan fingerprint density at radius 2 is 1.86 bits per heavy atom. The van der Waals surface area contributed by atoms with Gasteiger partial charge in [-0.05, 0) is 35.7 Å². The van der Waals surface area contributed by atoms with Crippen LogP contribution in [0.1, 0.15) is 37.3 Å². The Balaban J connectivity index is 2.06. The van der Waals surface area contributed by atoms with E-state index in [1.54, 1.807) is 12.1 Å². The number of hydrogen-bond donors (Lipinski definition) is 1. The van der Waals surface area contributed by atoms with Crippen molar-refractivity contribution in [1.29, 1.82) is 0 Å². The molecule has 0 amide bonds. The fourth-order valence-corrected chi connectivity index (χ4v) is 2.16. The van der Waals surface area contributed by atoms with Crippen molar-refractivity contribution < 1.29 is 4.39 Å². The van der Waals surface area contributed by atoms with Gasteiger partial charge in [0, 0.05) is 17.8 Å². The molecular formula is C19H21FN2. The van der Waals surface area contributed by atoms with Crippen molar-refractivity contribution >= 4 is 11.5 Å².